The van der Waals surface area contributed by atoms with Gasteiger partial charge in [-0.1, -0.05) is 17.8 Å². The number of halogens is 1. The maximum atomic E-state index is 12.7. The third kappa shape index (κ3) is 2.93. The molecule has 0 fully saturated rings. The average molecular weight is 288 g/mol. The normalized spacial score (nSPS) is 10.8. The highest BCUT2D eigenvalue weighted by Gasteiger charge is 2.03. The van der Waals surface area contributed by atoms with Crippen LogP contribution in [0.25, 0.3) is 5.52 Å². The summed E-state index contributed by atoms with van der Waals surface area (Å²) in [5.41, 5.74) is 1.08. The predicted molar refractivity (Wildman–Crippen MR) is 77.8 cm³/mol. The Balaban J connectivity index is 1.54. The summed E-state index contributed by atoms with van der Waals surface area (Å²) in [7, 11) is 0. The van der Waals surface area contributed by atoms with Crippen LogP contribution < -0.4 is 4.74 Å². The van der Waals surface area contributed by atoms with Crippen molar-refractivity contribution >= 4 is 17.3 Å². The molecule has 0 amide bonds. The van der Waals surface area contributed by atoms with Crippen LogP contribution in [-0.4, -0.2) is 21.7 Å². The molecule has 1 aromatic carbocycles. The van der Waals surface area contributed by atoms with Crippen LogP contribution in [0, 0.1) is 5.82 Å². The highest BCUT2D eigenvalue weighted by molar-refractivity contribution is 7.99. The summed E-state index contributed by atoms with van der Waals surface area (Å²) in [6, 6.07) is 12.0. The second-order valence-corrected chi connectivity index (χ2v) is 5.25. The number of thioether (sulfide) groups is 1. The first-order chi connectivity index (χ1) is 9.83. The summed E-state index contributed by atoms with van der Waals surface area (Å²) in [5, 5.41) is 0.948. The van der Waals surface area contributed by atoms with Gasteiger partial charge in [0.05, 0.1) is 18.3 Å². The van der Waals surface area contributed by atoms with E-state index in [1.165, 1.54) is 12.1 Å². The van der Waals surface area contributed by atoms with Gasteiger partial charge in [-0.15, -0.1) is 0 Å². The van der Waals surface area contributed by atoms with Crippen molar-refractivity contribution in [3.8, 4) is 5.75 Å². The molecule has 2 aromatic heterocycles. The molecule has 0 aliphatic carbocycles. The van der Waals surface area contributed by atoms with Crippen LogP contribution in [0.5, 0.6) is 5.75 Å². The zero-order valence-corrected chi connectivity index (χ0v) is 11.5. The van der Waals surface area contributed by atoms with Crippen molar-refractivity contribution in [3.05, 3.63) is 60.7 Å². The summed E-state index contributed by atoms with van der Waals surface area (Å²) in [4.78, 5) is 4.37. The summed E-state index contributed by atoms with van der Waals surface area (Å²) >= 11 is 1.63. The fourth-order valence-electron chi connectivity index (χ4n) is 1.85. The Labute approximate surface area is 120 Å². The van der Waals surface area contributed by atoms with Gasteiger partial charge in [0.2, 0.25) is 0 Å². The number of pyridine rings is 1. The van der Waals surface area contributed by atoms with Crippen molar-refractivity contribution in [3.63, 3.8) is 0 Å². The van der Waals surface area contributed by atoms with E-state index in [-0.39, 0.29) is 5.82 Å². The van der Waals surface area contributed by atoms with E-state index in [0.717, 1.165) is 16.4 Å². The Morgan fingerprint density at radius 3 is 2.85 bits per heavy atom. The SMILES string of the molecule is Fc1ccc(OCCSc2ncc3ccccn23)cc1. The van der Waals surface area contributed by atoms with E-state index in [0.29, 0.717) is 12.4 Å². The molecule has 20 heavy (non-hydrogen) atoms. The Kier molecular flexibility index (Phi) is 3.87. The number of benzene rings is 1. The highest BCUT2D eigenvalue weighted by Crippen LogP contribution is 2.18. The van der Waals surface area contributed by atoms with Gasteiger partial charge in [-0.25, -0.2) is 9.37 Å². The maximum Gasteiger partial charge on any atom is 0.172 e. The second kappa shape index (κ2) is 5.96. The van der Waals surface area contributed by atoms with Gasteiger partial charge in [0, 0.05) is 11.9 Å². The molecule has 0 aliphatic heterocycles. The van der Waals surface area contributed by atoms with E-state index in [9.17, 15) is 4.39 Å². The van der Waals surface area contributed by atoms with Crippen molar-refractivity contribution in [1.29, 1.82) is 0 Å². The maximum absolute atomic E-state index is 12.7. The summed E-state index contributed by atoms with van der Waals surface area (Å²) in [6.07, 6.45) is 3.84. The van der Waals surface area contributed by atoms with Crippen molar-refractivity contribution in [1.82, 2.24) is 9.38 Å². The number of rotatable bonds is 5. The number of imidazole rings is 1. The minimum atomic E-state index is -0.254. The van der Waals surface area contributed by atoms with Crippen molar-refractivity contribution in [2.24, 2.45) is 0 Å². The Morgan fingerprint density at radius 1 is 1.15 bits per heavy atom. The van der Waals surface area contributed by atoms with Crippen LogP contribution in [0.3, 0.4) is 0 Å². The van der Waals surface area contributed by atoms with E-state index in [1.807, 2.05) is 35.0 Å². The zero-order chi connectivity index (χ0) is 13.8. The van der Waals surface area contributed by atoms with Crippen LogP contribution in [0.2, 0.25) is 0 Å². The standard InChI is InChI=1S/C15H13FN2OS/c16-12-4-6-14(7-5-12)19-9-10-20-15-17-11-13-3-1-2-8-18(13)15/h1-8,11H,9-10H2. The average Bonchev–Trinajstić information content (AvgIpc) is 2.89. The number of fused-ring (bicyclic) bond motifs is 1. The third-order valence-electron chi connectivity index (χ3n) is 2.80. The van der Waals surface area contributed by atoms with Gasteiger partial charge in [0.1, 0.15) is 11.6 Å². The Hall–Kier alpha value is -2.01. The monoisotopic (exact) mass is 288 g/mol. The van der Waals surface area contributed by atoms with Gasteiger partial charge in [-0.3, -0.25) is 4.40 Å². The number of aromatic nitrogens is 2. The van der Waals surface area contributed by atoms with Crippen LogP contribution in [-0.2, 0) is 0 Å². The number of nitrogens with zero attached hydrogens (tertiary/aromatic N) is 2. The van der Waals surface area contributed by atoms with Crippen molar-refractivity contribution in [2.45, 2.75) is 5.16 Å². The first kappa shape index (κ1) is 13.0. The molecule has 0 saturated heterocycles. The van der Waals surface area contributed by atoms with Gasteiger partial charge in [-0.2, -0.15) is 0 Å². The lowest BCUT2D eigenvalue weighted by molar-refractivity contribution is 0.343. The molecule has 0 saturated carbocycles. The lowest BCUT2D eigenvalue weighted by Crippen LogP contribution is -2.00. The van der Waals surface area contributed by atoms with Crippen LogP contribution >= 0.6 is 11.8 Å². The van der Waals surface area contributed by atoms with Crippen molar-refractivity contribution < 1.29 is 9.13 Å². The minimum Gasteiger partial charge on any atom is -0.493 e. The summed E-state index contributed by atoms with van der Waals surface area (Å²) in [5.74, 6) is 1.21. The summed E-state index contributed by atoms with van der Waals surface area (Å²) < 4.78 is 20.3. The van der Waals surface area contributed by atoms with Crippen LogP contribution in [0.1, 0.15) is 0 Å². The molecule has 2 heterocycles. The molecule has 0 aliphatic rings. The topological polar surface area (TPSA) is 26.5 Å². The molecule has 0 atom stereocenters. The molecule has 0 bridgehead atoms. The molecule has 5 heteroatoms. The molecule has 0 radical (unpaired) electrons. The van der Waals surface area contributed by atoms with Crippen molar-refractivity contribution in [2.75, 3.05) is 12.4 Å². The molecule has 0 N–H and O–H groups in total. The lowest BCUT2D eigenvalue weighted by atomic mass is 10.3. The van der Waals surface area contributed by atoms with E-state index < -0.39 is 0 Å². The second-order valence-electron chi connectivity index (χ2n) is 4.19. The van der Waals surface area contributed by atoms with Crippen LogP contribution in [0.4, 0.5) is 4.39 Å². The molecule has 102 valence electrons. The van der Waals surface area contributed by atoms with Gasteiger partial charge >= 0.3 is 0 Å². The fourth-order valence-corrected chi connectivity index (χ4v) is 2.63. The minimum absolute atomic E-state index is 0.254. The third-order valence-corrected chi connectivity index (χ3v) is 3.73. The molecule has 3 rings (SSSR count). The van der Waals surface area contributed by atoms with Gasteiger partial charge in [0.15, 0.2) is 5.16 Å². The van der Waals surface area contributed by atoms with Gasteiger partial charge in [0.25, 0.3) is 0 Å². The van der Waals surface area contributed by atoms with Gasteiger partial charge < -0.3 is 4.74 Å². The van der Waals surface area contributed by atoms with E-state index in [2.05, 4.69) is 4.98 Å². The zero-order valence-electron chi connectivity index (χ0n) is 10.7. The molecular formula is C15H13FN2OS. The number of hydrogen-bond donors (Lipinski definition) is 0. The molecule has 3 nitrogen and oxygen atoms in total. The Morgan fingerprint density at radius 2 is 2.00 bits per heavy atom. The fraction of sp³-hybridized carbons (Fsp3) is 0.133. The quantitative estimate of drug-likeness (QED) is 0.529. The summed E-state index contributed by atoms with van der Waals surface area (Å²) in [6.45, 7) is 0.554. The Bertz CT molecular complexity index is 696. The smallest absolute Gasteiger partial charge is 0.172 e. The van der Waals surface area contributed by atoms with Gasteiger partial charge in [-0.05, 0) is 36.4 Å². The van der Waals surface area contributed by atoms with Crippen LogP contribution in [0.15, 0.2) is 60.0 Å². The first-order valence-corrected chi connectivity index (χ1v) is 7.25. The molecular weight excluding hydrogens is 275 g/mol. The number of hydrogen-bond acceptors (Lipinski definition) is 3. The number of ether oxygens (including phenoxy) is 1. The first-order valence-electron chi connectivity index (χ1n) is 6.26. The van der Waals surface area contributed by atoms with E-state index in [1.54, 1.807) is 23.9 Å². The molecule has 0 spiro atoms. The van der Waals surface area contributed by atoms with E-state index in [4.69, 9.17) is 4.74 Å². The predicted octanol–water partition coefficient (Wildman–Crippen LogP) is 3.64. The highest BCUT2D eigenvalue weighted by atomic mass is 32.2. The van der Waals surface area contributed by atoms with E-state index >= 15 is 0 Å². The largest absolute Gasteiger partial charge is 0.493 e. The molecule has 3 aromatic rings. The molecule has 0 unspecified atom stereocenters. The lowest BCUT2D eigenvalue weighted by Gasteiger charge is -2.05.